The molecule has 8 nitrogen and oxygen atoms in total. The first-order chi connectivity index (χ1) is 16.6. The highest BCUT2D eigenvalue weighted by Gasteiger charge is 2.53. The number of fused-ring (bicyclic) bond motifs is 1. The summed E-state index contributed by atoms with van der Waals surface area (Å²) in [6, 6.07) is 9.38. The maximum absolute atomic E-state index is 15.1. The molecule has 2 aliphatic heterocycles. The Bertz CT molecular complexity index is 1290. The van der Waals surface area contributed by atoms with E-state index in [1.165, 1.54) is 23.1 Å². The summed E-state index contributed by atoms with van der Waals surface area (Å²) in [5, 5.41) is 3.20. The molecular weight excluding hydrogens is 452 g/mol. The number of nitrogens with zero attached hydrogens (tertiary/aromatic N) is 4. The molecule has 0 spiro atoms. The van der Waals surface area contributed by atoms with Crippen LogP contribution in [0.2, 0.25) is 0 Å². The Balaban J connectivity index is 1.30. The van der Waals surface area contributed by atoms with Crippen LogP contribution in [0.25, 0.3) is 0 Å². The number of aromatic nitrogens is 2. The van der Waals surface area contributed by atoms with Gasteiger partial charge in [0.05, 0.1) is 29.7 Å². The summed E-state index contributed by atoms with van der Waals surface area (Å²) < 4.78 is 30.1. The van der Waals surface area contributed by atoms with Gasteiger partial charge < -0.3 is 21.7 Å². The molecule has 2 aliphatic rings. The summed E-state index contributed by atoms with van der Waals surface area (Å²) in [6.07, 6.45) is 1.68. The Hall–Kier alpha value is -3.79. The van der Waals surface area contributed by atoms with Crippen molar-refractivity contribution in [3.63, 3.8) is 0 Å². The fourth-order valence-electron chi connectivity index (χ4n) is 4.83. The number of aryl methyl sites for hydroxylation is 2. The zero-order valence-electron chi connectivity index (χ0n) is 19.6. The molecule has 0 aliphatic carbocycles. The van der Waals surface area contributed by atoms with Crippen molar-refractivity contribution in [2.75, 3.05) is 29.9 Å². The van der Waals surface area contributed by atoms with E-state index in [1.54, 1.807) is 11.1 Å². The minimum Gasteiger partial charge on any atom is -0.397 e. The van der Waals surface area contributed by atoms with Crippen LogP contribution in [-0.4, -0.2) is 50.7 Å². The molecule has 5 rings (SSSR count). The molecule has 1 saturated heterocycles. The van der Waals surface area contributed by atoms with E-state index in [0.717, 1.165) is 22.4 Å². The Morgan fingerprint density at radius 3 is 2.54 bits per heavy atom. The van der Waals surface area contributed by atoms with Crippen molar-refractivity contribution in [1.29, 1.82) is 0 Å². The molecule has 0 bridgehead atoms. The molecule has 182 valence electrons. The quantitative estimate of drug-likeness (QED) is 0.491. The van der Waals surface area contributed by atoms with Crippen molar-refractivity contribution >= 4 is 28.9 Å². The van der Waals surface area contributed by atoms with E-state index in [-0.39, 0.29) is 24.3 Å². The number of halogens is 2. The molecule has 10 heteroatoms. The summed E-state index contributed by atoms with van der Waals surface area (Å²) in [6.45, 7) is 3.84. The van der Waals surface area contributed by atoms with Crippen molar-refractivity contribution in [1.82, 2.24) is 19.8 Å². The van der Waals surface area contributed by atoms with Crippen LogP contribution in [0, 0.1) is 13.8 Å². The van der Waals surface area contributed by atoms with Gasteiger partial charge in [0.2, 0.25) is 5.95 Å². The number of carbonyl (C=O) groups is 1. The number of anilines is 4. The highest BCUT2D eigenvalue weighted by molar-refractivity contribution is 5.96. The number of nitrogens with two attached hydrogens (primary N) is 2. The molecule has 0 saturated carbocycles. The van der Waals surface area contributed by atoms with Gasteiger partial charge in [0.25, 0.3) is 11.8 Å². The molecule has 1 unspecified atom stereocenters. The highest BCUT2D eigenvalue weighted by atomic mass is 19.3. The molecule has 5 N–H and O–H groups in total. The zero-order valence-corrected chi connectivity index (χ0v) is 19.6. The van der Waals surface area contributed by atoms with Gasteiger partial charge in [0.15, 0.2) is 0 Å². The second-order valence-corrected chi connectivity index (χ2v) is 9.38. The van der Waals surface area contributed by atoms with Crippen LogP contribution in [0.3, 0.4) is 0 Å². The van der Waals surface area contributed by atoms with Crippen LogP contribution in [-0.2, 0) is 13.1 Å². The van der Waals surface area contributed by atoms with E-state index in [1.807, 2.05) is 26.0 Å². The summed E-state index contributed by atoms with van der Waals surface area (Å²) in [7, 11) is 0. The first kappa shape index (κ1) is 23.0. The maximum atomic E-state index is 15.1. The summed E-state index contributed by atoms with van der Waals surface area (Å²) in [5.74, 6) is -3.13. The van der Waals surface area contributed by atoms with Crippen molar-refractivity contribution in [3.8, 4) is 0 Å². The van der Waals surface area contributed by atoms with Crippen molar-refractivity contribution in [2.24, 2.45) is 0 Å². The SMILES string of the molecule is Cc1cc(C)cc(Nc2ncc3c(n2)CN(C2CN(C(=O)c4ccc(N)c(N)c4)CC2(F)F)C3)c1. The first-order valence-corrected chi connectivity index (χ1v) is 11.4. The lowest BCUT2D eigenvalue weighted by Gasteiger charge is -2.27. The lowest BCUT2D eigenvalue weighted by atomic mass is 10.1. The largest absolute Gasteiger partial charge is 0.397 e. The highest BCUT2D eigenvalue weighted by Crippen LogP contribution is 2.36. The number of hydrogen-bond donors (Lipinski definition) is 3. The molecule has 1 aromatic heterocycles. The Kier molecular flexibility index (Phi) is 5.55. The van der Waals surface area contributed by atoms with Gasteiger partial charge in [0, 0.05) is 42.6 Å². The normalized spacial score (nSPS) is 19.1. The third kappa shape index (κ3) is 4.49. The van der Waals surface area contributed by atoms with E-state index < -0.39 is 24.4 Å². The minimum atomic E-state index is -3.06. The molecule has 1 fully saturated rings. The summed E-state index contributed by atoms with van der Waals surface area (Å²) in [5.41, 5.74) is 16.9. The van der Waals surface area contributed by atoms with Crippen LogP contribution in [0.15, 0.2) is 42.6 Å². The number of alkyl halides is 2. The van der Waals surface area contributed by atoms with Gasteiger partial charge in [-0.25, -0.2) is 18.7 Å². The number of amides is 1. The third-order valence-corrected chi connectivity index (χ3v) is 6.50. The third-order valence-electron chi connectivity index (χ3n) is 6.50. The number of carbonyl (C=O) groups excluding carboxylic acids is 1. The second kappa shape index (κ2) is 8.46. The van der Waals surface area contributed by atoms with Gasteiger partial charge in [-0.3, -0.25) is 9.69 Å². The van der Waals surface area contributed by atoms with E-state index in [4.69, 9.17) is 11.5 Å². The van der Waals surface area contributed by atoms with E-state index >= 15 is 8.78 Å². The van der Waals surface area contributed by atoms with Gasteiger partial charge >= 0.3 is 0 Å². The average Bonchev–Trinajstić information content (AvgIpc) is 3.33. The van der Waals surface area contributed by atoms with E-state index in [9.17, 15) is 4.79 Å². The lowest BCUT2D eigenvalue weighted by molar-refractivity contribution is -0.0520. The van der Waals surface area contributed by atoms with Crippen LogP contribution in [0.5, 0.6) is 0 Å². The van der Waals surface area contributed by atoms with Crippen LogP contribution in [0.4, 0.5) is 31.8 Å². The van der Waals surface area contributed by atoms with Gasteiger partial charge in [-0.15, -0.1) is 0 Å². The molecule has 3 heterocycles. The monoisotopic (exact) mass is 479 g/mol. The fourth-order valence-corrected chi connectivity index (χ4v) is 4.83. The maximum Gasteiger partial charge on any atom is 0.282 e. The smallest absolute Gasteiger partial charge is 0.282 e. The van der Waals surface area contributed by atoms with Crippen molar-refractivity contribution in [3.05, 3.63) is 70.5 Å². The number of nitrogens with one attached hydrogen (secondary N) is 1. The second-order valence-electron chi connectivity index (χ2n) is 9.38. The molecule has 0 radical (unpaired) electrons. The topological polar surface area (TPSA) is 113 Å². The van der Waals surface area contributed by atoms with E-state index in [2.05, 4.69) is 21.4 Å². The summed E-state index contributed by atoms with van der Waals surface area (Å²) >= 11 is 0. The molecule has 2 aromatic carbocycles. The molecule has 1 atom stereocenters. The van der Waals surface area contributed by atoms with Gasteiger partial charge in [-0.2, -0.15) is 0 Å². The van der Waals surface area contributed by atoms with Crippen LogP contribution in [0.1, 0.15) is 32.7 Å². The standard InChI is InChI=1S/C25H27F2N7O/c1-14-5-15(2)7-18(6-14)31-24-30-9-17-10-33(11-21(17)32-24)22-12-34(13-25(22,26)27)23(35)16-3-4-19(28)20(29)8-16/h3-9,22H,10-13,28-29H2,1-2H3,(H,30,31,32). The van der Waals surface area contributed by atoms with Gasteiger partial charge in [0.1, 0.15) is 0 Å². The number of nitrogen functional groups attached to an aromatic ring is 2. The number of likely N-dealkylation sites (tertiary alicyclic amines) is 1. The Morgan fingerprint density at radius 1 is 1.09 bits per heavy atom. The number of rotatable bonds is 4. The fraction of sp³-hybridized carbons (Fsp3) is 0.320. The zero-order chi connectivity index (χ0) is 24.9. The van der Waals surface area contributed by atoms with Crippen molar-refractivity contribution in [2.45, 2.75) is 38.9 Å². The van der Waals surface area contributed by atoms with Gasteiger partial charge in [-0.05, 0) is 55.3 Å². The van der Waals surface area contributed by atoms with E-state index in [0.29, 0.717) is 23.9 Å². The van der Waals surface area contributed by atoms with Crippen LogP contribution >= 0.6 is 0 Å². The molecular formula is C25H27F2N7O. The minimum absolute atomic E-state index is 0.0921. The lowest BCUT2D eigenvalue weighted by Crippen LogP contribution is -2.44. The molecule has 1 amide bonds. The van der Waals surface area contributed by atoms with Crippen LogP contribution < -0.4 is 16.8 Å². The molecule has 3 aromatic rings. The first-order valence-electron chi connectivity index (χ1n) is 11.4. The number of hydrogen-bond acceptors (Lipinski definition) is 7. The van der Waals surface area contributed by atoms with Crippen molar-refractivity contribution < 1.29 is 13.6 Å². The Morgan fingerprint density at radius 2 is 1.83 bits per heavy atom. The predicted molar refractivity (Wildman–Crippen MR) is 130 cm³/mol. The summed E-state index contributed by atoms with van der Waals surface area (Å²) in [4.78, 5) is 24.7. The Labute approximate surface area is 201 Å². The van der Waals surface area contributed by atoms with Gasteiger partial charge in [-0.1, -0.05) is 6.07 Å². The average molecular weight is 480 g/mol. The number of benzene rings is 2. The molecule has 35 heavy (non-hydrogen) atoms. The predicted octanol–water partition coefficient (Wildman–Crippen LogP) is 3.48.